The van der Waals surface area contributed by atoms with Crippen LogP contribution in [-0.2, 0) is 13.1 Å². The minimum absolute atomic E-state index is 0.616. The number of nitrogens with zero attached hydrogens (tertiary/aromatic N) is 4. The molecule has 0 aliphatic heterocycles. The van der Waals surface area contributed by atoms with Crippen LogP contribution in [0.1, 0.15) is 28.1 Å². The minimum atomic E-state index is 0.616. The van der Waals surface area contributed by atoms with Crippen LogP contribution < -0.4 is 10.6 Å². The van der Waals surface area contributed by atoms with Crippen LogP contribution >= 0.6 is 11.3 Å². The van der Waals surface area contributed by atoms with Gasteiger partial charge in [0.2, 0.25) is 0 Å². The van der Waals surface area contributed by atoms with Crippen LogP contribution in [0.25, 0.3) is 5.69 Å². The SMILES string of the molecule is CCNC(=NCc1ccc(-n2cccn2)cc1)NCc1nc(C)c(C)s1. The summed E-state index contributed by atoms with van der Waals surface area (Å²) in [5.41, 5.74) is 3.30. The molecule has 0 fully saturated rings. The maximum Gasteiger partial charge on any atom is 0.191 e. The quantitative estimate of drug-likeness (QED) is 0.518. The Morgan fingerprint density at radius 2 is 2.00 bits per heavy atom. The summed E-state index contributed by atoms with van der Waals surface area (Å²) in [6, 6.07) is 10.2. The Morgan fingerprint density at radius 3 is 2.62 bits per heavy atom. The molecule has 0 bridgehead atoms. The van der Waals surface area contributed by atoms with E-state index < -0.39 is 0 Å². The van der Waals surface area contributed by atoms with E-state index in [9.17, 15) is 0 Å². The third-order valence-corrected chi connectivity index (χ3v) is 5.02. The van der Waals surface area contributed by atoms with Crippen molar-refractivity contribution in [1.82, 2.24) is 25.4 Å². The number of hydrogen-bond acceptors (Lipinski definition) is 4. The van der Waals surface area contributed by atoms with Crippen molar-refractivity contribution < 1.29 is 0 Å². The lowest BCUT2D eigenvalue weighted by atomic mass is 10.2. The third kappa shape index (κ3) is 4.70. The fraction of sp³-hybridized carbons (Fsp3) is 0.316. The number of aliphatic imine (C=N–C) groups is 1. The maximum absolute atomic E-state index is 4.67. The number of aryl methyl sites for hydroxylation is 2. The van der Waals surface area contributed by atoms with Crippen molar-refractivity contribution in [3.8, 4) is 5.69 Å². The van der Waals surface area contributed by atoms with Crippen molar-refractivity contribution in [2.75, 3.05) is 6.54 Å². The number of guanidine groups is 1. The molecule has 0 saturated heterocycles. The van der Waals surface area contributed by atoms with E-state index in [1.54, 1.807) is 17.5 Å². The van der Waals surface area contributed by atoms with E-state index in [-0.39, 0.29) is 0 Å². The van der Waals surface area contributed by atoms with Gasteiger partial charge in [-0.2, -0.15) is 5.10 Å². The number of benzene rings is 1. The predicted octanol–water partition coefficient (Wildman–Crippen LogP) is 3.20. The first-order valence-electron chi connectivity index (χ1n) is 8.69. The van der Waals surface area contributed by atoms with Gasteiger partial charge in [-0.3, -0.25) is 0 Å². The molecule has 3 rings (SSSR count). The first-order valence-corrected chi connectivity index (χ1v) is 9.51. The molecule has 26 heavy (non-hydrogen) atoms. The van der Waals surface area contributed by atoms with Crippen LogP contribution in [0, 0.1) is 13.8 Å². The molecule has 0 spiro atoms. The fourth-order valence-corrected chi connectivity index (χ4v) is 3.34. The first kappa shape index (κ1) is 18.1. The number of thiazole rings is 1. The molecule has 0 amide bonds. The zero-order valence-electron chi connectivity index (χ0n) is 15.4. The monoisotopic (exact) mass is 368 g/mol. The van der Waals surface area contributed by atoms with E-state index in [2.05, 4.69) is 63.8 Å². The van der Waals surface area contributed by atoms with Gasteiger partial charge in [0.05, 0.1) is 24.5 Å². The molecule has 2 heterocycles. The molecule has 0 aliphatic rings. The highest BCUT2D eigenvalue weighted by Gasteiger charge is 2.05. The molecule has 136 valence electrons. The van der Waals surface area contributed by atoms with Gasteiger partial charge >= 0.3 is 0 Å². The molecule has 2 aromatic heterocycles. The largest absolute Gasteiger partial charge is 0.357 e. The third-order valence-electron chi connectivity index (χ3n) is 3.95. The standard InChI is InChI=1S/C19H24N6S/c1-4-20-19(22-13-18-24-14(2)15(3)26-18)21-12-16-6-8-17(9-7-16)25-11-5-10-23-25/h5-11H,4,12-13H2,1-3H3,(H2,20,21,22). The first-order chi connectivity index (χ1) is 12.7. The van der Waals surface area contributed by atoms with Crippen LogP contribution in [0.2, 0.25) is 0 Å². The van der Waals surface area contributed by atoms with Gasteiger partial charge < -0.3 is 10.6 Å². The van der Waals surface area contributed by atoms with Crippen LogP contribution in [-0.4, -0.2) is 27.3 Å². The van der Waals surface area contributed by atoms with Crippen molar-refractivity contribution in [2.45, 2.75) is 33.9 Å². The molecule has 0 radical (unpaired) electrons. The second kappa shape index (κ2) is 8.62. The second-order valence-corrected chi connectivity index (χ2v) is 7.20. The molecule has 0 unspecified atom stereocenters. The molecule has 2 N–H and O–H groups in total. The van der Waals surface area contributed by atoms with Crippen LogP contribution in [0.15, 0.2) is 47.7 Å². The van der Waals surface area contributed by atoms with Crippen molar-refractivity contribution in [3.63, 3.8) is 0 Å². The Balaban J connectivity index is 1.61. The highest BCUT2D eigenvalue weighted by molar-refractivity contribution is 7.11. The maximum atomic E-state index is 4.67. The van der Waals surface area contributed by atoms with E-state index >= 15 is 0 Å². The van der Waals surface area contributed by atoms with Gasteiger partial charge in [-0.15, -0.1) is 11.3 Å². The Labute approximate surface area is 158 Å². The smallest absolute Gasteiger partial charge is 0.191 e. The molecule has 6 nitrogen and oxygen atoms in total. The molecule has 7 heteroatoms. The second-order valence-electron chi connectivity index (χ2n) is 5.91. The highest BCUT2D eigenvalue weighted by Crippen LogP contribution is 2.16. The average molecular weight is 369 g/mol. The normalized spacial score (nSPS) is 11.6. The van der Waals surface area contributed by atoms with Gasteiger partial charge in [0.25, 0.3) is 0 Å². The van der Waals surface area contributed by atoms with E-state index in [1.807, 2.05) is 23.9 Å². The summed E-state index contributed by atoms with van der Waals surface area (Å²) in [5, 5.41) is 12.0. The molecule has 3 aromatic rings. The predicted molar refractivity (Wildman–Crippen MR) is 107 cm³/mol. The summed E-state index contributed by atoms with van der Waals surface area (Å²) in [5.74, 6) is 0.800. The van der Waals surface area contributed by atoms with Gasteiger partial charge in [-0.25, -0.2) is 14.7 Å². The lowest BCUT2D eigenvalue weighted by Crippen LogP contribution is -2.36. The van der Waals surface area contributed by atoms with Crippen LogP contribution in [0.4, 0.5) is 0 Å². The van der Waals surface area contributed by atoms with Gasteiger partial charge in [-0.1, -0.05) is 12.1 Å². The minimum Gasteiger partial charge on any atom is -0.357 e. The topological polar surface area (TPSA) is 67.1 Å². The van der Waals surface area contributed by atoms with Crippen molar-refractivity contribution in [1.29, 1.82) is 0 Å². The van der Waals surface area contributed by atoms with E-state index in [0.717, 1.165) is 34.5 Å². The molecule has 0 atom stereocenters. The zero-order chi connectivity index (χ0) is 18.4. The highest BCUT2D eigenvalue weighted by atomic mass is 32.1. The lowest BCUT2D eigenvalue weighted by molar-refractivity contribution is 0.809. The zero-order valence-corrected chi connectivity index (χ0v) is 16.2. The number of rotatable bonds is 6. The number of hydrogen-bond donors (Lipinski definition) is 2. The van der Waals surface area contributed by atoms with Crippen molar-refractivity contribution in [2.24, 2.45) is 4.99 Å². The summed E-state index contributed by atoms with van der Waals surface area (Å²) < 4.78 is 1.84. The van der Waals surface area contributed by atoms with E-state index in [0.29, 0.717) is 13.1 Å². The Bertz CT molecular complexity index is 829. The number of aromatic nitrogens is 3. The van der Waals surface area contributed by atoms with Gasteiger partial charge in [0, 0.05) is 23.8 Å². The summed E-state index contributed by atoms with van der Waals surface area (Å²) in [4.78, 5) is 10.5. The lowest BCUT2D eigenvalue weighted by Gasteiger charge is -2.10. The van der Waals surface area contributed by atoms with E-state index in [1.165, 1.54) is 4.88 Å². The van der Waals surface area contributed by atoms with Crippen LogP contribution in [0.5, 0.6) is 0 Å². The Morgan fingerprint density at radius 1 is 1.19 bits per heavy atom. The average Bonchev–Trinajstić information content (AvgIpc) is 3.28. The molecule has 0 aliphatic carbocycles. The van der Waals surface area contributed by atoms with Crippen LogP contribution in [0.3, 0.4) is 0 Å². The van der Waals surface area contributed by atoms with Crippen molar-refractivity contribution in [3.05, 3.63) is 63.9 Å². The Hall–Kier alpha value is -2.67. The molecular weight excluding hydrogens is 344 g/mol. The summed E-state index contributed by atoms with van der Waals surface area (Å²) >= 11 is 1.72. The molecule has 0 saturated carbocycles. The van der Waals surface area contributed by atoms with Crippen molar-refractivity contribution >= 4 is 17.3 Å². The molecular formula is C19H24N6S. The van der Waals surface area contributed by atoms with Gasteiger partial charge in [0.1, 0.15) is 5.01 Å². The fourth-order valence-electron chi connectivity index (χ4n) is 2.46. The van der Waals surface area contributed by atoms with E-state index in [4.69, 9.17) is 0 Å². The molecule has 1 aromatic carbocycles. The summed E-state index contributed by atoms with van der Waals surface area (Å²) in [6.45, 7) is 8.33. The summed E-state index contributed by atoms with van der Waals surface area (Å²) in [7, 11) is 0. The number of nitrogens with one attached hydrogen (secondary N) is 2. The van der Waals surface area contributed by atoms with Gasteiger partial charge in [0.15, 0.2) is 5.96 Å². The van der Waals surface area contributed by atoms with Gasteiger partial charge in [-0.05, 0) is 44.5 Å². The Kier molecular flexibility index (Phi) is 6.01. The summed E-state index contributed by atoms with van der Waals surface area (Å²) in [6.07, 6.45) is 3.71.